The fraction of sp³-hybridized carbons (Fsp3) is 0.417. The molecule has 0 bridgehead atoms. The van der Waals surface area contributed by atoms with Gasteiger partial charge in [-0.25, -0.2) is 4.99 Å². The van der Waals surface area contributed by atoms with Crippen molar-refractivity contribution in [3.05, 3.63) is 29.8 Å². The fourth-order valence-corrected chi connectivity index (χ4v) is 1.27. The number of hydrogen-bond acceptors (Lipinski definition) is 2. The molecule has 0 spiro atoms. The minimum atomic E-state index is 0.468. The van der Waals surface area contributed by atoms with Gasteiger partial charge in [-0.3, -0.25) is 0 Å². The van der Waals surface area contributed by atoms with Crippen LogP contribution in [0.25, 0.3) is 0 Å². The third-order valence-corrected chi connectivity index (χ3v) is 1.99. The molecule has 1 rings (SSSR count). The zero-order chi connectivity index (χ0) is 11.8. The molecule has 0 aliphatic heterocycles. The van der Waals surface area contributed by atoms with E-state index in [1.165, 1.54) is 5.56 Å². The van der Waals surface area contributed by atoms with Crippen LogP contribution in [-0.2, 0) is 0 Å². The van der Waals surface area contributed by atoms with Gasteiger partial charge in [-0.2, -0.15) is 0 Å². The molecular formula is C12H19N3O. The van der Waals surface area contributed by atoms with Crippen LogP contribution in [0, 0.1) is 6.92 Å². The van der Waals surface area contributed by atoms with E-state index in [4.69, 9.17) is 10.5 Å². The summed E-state index contributed by atoms with van der Waals surface area (Å²) in [5.74, 6) is 1.34. The average molecular weight is 221 g/mol. The van der Waals surface area contributed by atoms with Crippen LogP contribution in [0.2, 0.25) is 0 Å². The summed E-state index contributed by atoms with van der Waals surface area (Å²) >= 11 is 0. The van der Waals surface area contributed by atoms with Gasteiger partial charge in [0.15, 0.2) is 5.96 Å². The third-order valence-electron chi connectivity index (χ3n) is 1.99. The van der Waals surface area contributed by atoms with Gasteiger partial charge in [-0.05, 0) is 31.5 Å². The number of hydrogen-bond donors (Lipinski definition) is 2. The SMILES string of the molecule is CCNC(N)=NCCOc1cccc(C)c1. The third kappa shape index (κ3) is 4.68. The summed E-state index contributed by atoms with van der Waals surface area (Å²) in [4.78, 5) is 4.11. The van der Waals surface area contributed by atoms with E-state index in [2.05, 4.69) is 10.3 Å². The van der Waals surface area contributed by atoms with Gasteiger partial charge < -0.3 is 15.8 Å². The molecule has 0 amide bonds. The Bertz CT molecular complexity index is 350. The van der Waals surface area contributed by atoms with Crippen molar-refractivity contribution in [3.8, 4) is 5.75 Å². The van der Waals surface area contributed by atoms with Crippen molar-refractivity contribution in [2.45, 2.75) is 13.8 Å². The molecule has 0 radical (unpaired) electrons. The van der Waals surface area contributed by atoms with E-state index < -0.39 is 0 Å². The molecule has 0 saturated carbocycles. The lowest BCUT2D eigenvalue weighted by atomic mass is 10.2. The van der Waals surface area contributed by atoms with Gasteiger partial charge >= 0.3 is 0 Å². The minimum Gasteiger partial charge on any atom is -0.492 e. The molecule has 0 fully saturated rings. The molecule has 16 heavy (non-hydrogen) atoms. The molecule has 3 N–H and O–H groups in total. The standard InChI is InChI=1S/C12H19N3O/c1-3-14-12(13)15-7-8-16-11-6-4-5-10(2)9-11/h4-6,9H,3,7-8H2,1-2H3,(H3,13,14,15). The highest BCUT2D eigenvalue weighted by molar-refractivity contribution is 5.77. The molecule has 1 aromatic carbocycles. The first kappa shape index (κ1) is 12.4. The maximum Gasteiger partial charge on any atom is 0.188 e. The van der Waals surface area contributed by atoms with Crippen molar-refractivity contribution in [1.29, 1.82) is 0 Å². The van der Waals surface area contributed by atoms with Crippen LogP contribution in [0.1, 0.15) is 12.5 Å². The molecule has 0 saturated heterocycles. The maximum absolute atomic E-state index is 5.57. The second-order valence-electron chi connectivity index (χ2n) is 3.46. The minimum absolute atomic E-state index is 0.468. The summed E-state index contributed by atoms with van der Waals surface area (Å²) in [6.07, 6.45) is 0. The number of guanidine groups is 1. The highest BCUT2D eigenvalue weighted by Gasteiger charge is 1.93. The number of nitrogens with zero attached hydrogens (tertiary/aromatic N) is 1. The summed E-state index contributed by atoms with van der Waals surface area (Å²) in [6, 6.07) is 7.94. The van der Waals surface area contributed by atoms with Crippen LogP contribution in [0.4, 0.5) is 0 Å². The summed E-state index contributed by atoms with van der Waals surface area (Å²) in [5.41, 5.74) is 6.76. The first-order valence-electron chi connectivity index (χ1n) is 5.45. The zero-order valence-electron chi connectivity index (χ0n) is 9.86. The number of ether oxygens (including phenoxy) is 1. The number of nitrogens with two attached hydrogens (primary N) is 1. The summed E-state index contributed by atoms with van der Waals surface area (Å²) in [6.45, 7) is 5.90. The topological polar surface area (TPSA) is 59.6 Å². The predicted octanol–water partition coefficient (Wildman–Crippen LogP) is 1.30. The van der Waals surface area contributed by atoms with Gasteiger partial charge in [0.2, 0.25) is 0 Å². The van der Waals surface area contributed by atoms with E-state index in [0.29, 0.717) is 19.1 Å². The first-order valence-corrected chi connectivity index (χ1v) is 5.45. The van der Waals surface area contributed by atoms with Crippen LogP contribution >= 0.6 is 0 Å². The average Bonchev–Trinajstić information content (AvgIpc) is 2.25. The molecule has 4 heteroatoms. The monoisotopic (exact) mass is 221 g/mol. The predicted molar refractivity (Wildman–Crippen MR) is 66.8 cm³/mol. The molecule has 0 unspecified atom stereocenters. The van der Waals surface area contributed by atoms with Crippen LogP contribution in [0.5, 0.6) is 5.75 Å². The largest absolute Gasteiger partial charge is 0.492 e. The highest BCUT2D eigenvalue weighted by atomic mass is 16.5. The van der Waals surface area contributed by atoms with Gasteiger partial charge in [0, 0.05) is 6.54 Å². The molecule has 88 valence electrons. The first-order chi connectivity index (χ1) is 7.72. The Balaban J connectivity index is 2.28. The summed E-state index contributed by atoms with van der Waals surface area (Å²) in [5, 5.41) is 2.93. The fourth-order valence-electron chi connectivity index (χ4n) is 1.27. The number of aliphatic imine (C=N–C) groups is 1. The van der Waals surface area contributed by atoms with E-state index in [9.17, 15) is 0 Å². The lowest BCUT2D eigenvalue weighted by molar-refractivity contribution is 0.328. The van der Waals surface area contributed by atoms with Crippen LogP contribution < -0.4 is 15.8 Å². The van der Waals surface area contributed by atoms with Crippen molar-refractivity contribution in [1.82, 2.24) is 5.32 Å². The molecule has 0 aliphatic rings. The van der Waals surface area contributed by atoms with E-state index in [1.807, 2.05) is 38.1 Å². The van der Waals surface area contributed by atoms with Crippen LogP contribution in [0.15, 0.2) is 29.3 Å². The van der Waals surface area contributed by atoms with Crippen molar-refractivity contribution in [2.75, 3.05) is 19.7 Å². The quantitative estimate of drug-likeness (QED) is 0.447. The Morgan fingerprint density at radius 1 is 1.50 bits per heavy atom. The van der Waals surface area contributed by atoms with Gasteiger partial charge in [0.1, 0.15) is 12.4 Å². The lowest BCUT2D eigenvalue weighted by Gasteiger charge is -2.05. The normalized spacial score (nSPS) is 11.2. The lowest BCUT2D eigenvalue weighted by Crippen LogP contribution is -2.31. The molecular weight excluding hydrogens is 202 g/mol. The molecule has 0 aliphatic carbocycles. The summed E-state index contributed by atoms with van der Waals surface area (Å²) < 4.78 is 5.52. The molecule has 0 heterocycles. The highest BCUT2D eigenvalue weighted by Crippen LogP contribution is 2.11. The molecule has 0 aromatic heterocycles. The Morgan fingerprint density at radius 3 is 3.00 bits per heavy atom. The maximum atomic E-state index is 5.57. The molecule has 4 nitrogen and oxygen atoms in total. The van der Waals surface area contributed by atoms with Crippen molar-refractivity contribution >= 4 is 5.96 Å². The van der Waals surface area contributed by atoms with Gasteiger partial charge in [0.05, 0.1) is 6.54 Å². The Morgan fingerprint density at radius 2 is 2.31 bits per heavy atom. The van der Waals surface area contributed by atoms with Gasteiger partial charge in [-0.15, -0.1) is 0 Å². The second-order valence-corrected chi connectivity index (χ2v) is 3.46. The second kappa shape index (κ2) is 6.71. The zero-order valence-corrected chi connectivity index (χ0v) is 9.86. The molecule has 0 atom stereocenters. The Hall–Kier alpha value is -1.71. The van der Waals surface area contributed by atoms with Crippen LogP contribution in [0.3, 0.4) is 0 Å². The smallest absolute Gasteiger partial charge is 0.188 e. The van der Waals surface area contributed by atoms with Gasteiger partial charge in [0.25, 0.3) is 0 Å². The number of aryl methyl sites for hydroxylation is 1. The van der Waals surface area contributed by atoms with E-state index in [1.54, 1.807) is 0 Å². The van der Waals surface area contributed by atoms with E-state index in [0.717, 1.165) is 12.3 Å². The van der Waals surface area contributed by atoms with Crippen molar-refractivity contribution in [3.63, 3.8) is 0 Å². The van der Waals surface area contributed by atoms with E-state index >= 15 is 0 Å². The molecule has 1 aromatic rings. The van der Waals surface area contributed by atoms with Crippen molar-refractivity contribution in [2.24, 2.45) is 10.7 Å². The Kier molecular flexibility index (Phi) is 5.19. The number of rotatable bonds is 5. The number of benzene rings is 1. The Labute approximate surface area is 96.5 Å². The summed E-state index contributed by atoms with van der Waals surface area (Å²) in [7, 11) is 0. The number of nitrogens with one attached hydrogen (secondary N) is 1. The van der Waals surface area contributed by atoms with Crippen LogP contribution in [-0.4, -0.2) is 25.7 Å². The van der Waals surface area contributed by atoms with Gasteiger partial charge in [-0.1, -0.05) is 12.1 Å². The van der Waals surface area contributed by atoms with E-state index in [-0.39, 0.29) is 0 Å². The van der Waals surface area contributed by atoms with Crippen molar-refractivity contribution < 1.29 is 4.74 Å².